The minimum atomic E-state index is -0.514. The van der Waals surface area contributed by atoms with Crippen molar-refractivity contribution >= 4 is 33.0 Å². The molecule has 0 spiro atoms. The van der Waals surface area contributed by atoms with Crippen molar-refractivity contribution in [2.75, 3.05) is 0 Å². The summed E-state index contributed by atoms with van der Waals surface area (Å²) in [7, 11) is 0. The first-order chi connectivity index (χ1) is 10.1. The molecule has 0 amide bonds. The topological polar surface area (TPSA) is 54.9 Å². The van der Waals surface area contributed by atoms with Gasteiger partial charge < -0.3 is 0 Å². The summed E-state index contributed by atoms with van der Waals surface area (Å²) < 4.78 is 2.26. The molecule has 0 aliphatic rings. The van der Waals surface area contributed by atoms with Gasteiger partial charge in [0.25, 0.3) is 5.56 Å². The van der Waals surface area contributed by atoms with Gasteiger partial charge in [-0.3, -0.25) is 9.78 Å². The number of H-pyrrole nitrogens is 1. The zero-order valence-corrected chi connectivity index (χ0v) is 12.9. The minimum absolute atomic E-state index is 0.139. The highest BCUT2D eigenvalue weighted by Gasteiger charge is 2.13. The molecule has 0 aliphatic carbocycles. The van der Waals surface area contributed by atoms with Gasteiger partial charge in [0.2, 0.25) is 0 Å². The van der Waals surface area contributed by atoms with Crippen molar-refractivity contribution in [2.24, 2.45) is 0 Å². The van der Waals surface area contributed by atoms with E-state index in [1.165, 1.54) is 0 Å². The fourth-order valence-electron chi connectivity index (χ4n) is 2.34. The van der Waals surface area contributed by atoms with E-state index in [9.17, 15) is 9.59 Å². The van der Waals surface area contributed by atoms with Crippen LogP contribution >= 0.6 is 22.9 Å². The van der Waals surface area contributed by atoms with E-state index in [0.717, 1.165) is 21.1 Å². The van der Waals surface area contributed by atoms with Gasteiger partial charge in [-0.15, -0.1) is 11.3 Å². The van der Waals surface area contributed by atoms with Crippen LogP contribution in [0.1, 0.15) is 18.9 Å². The van der Waals surface area contributed by atoms with E-state index in [4.69, 9.17) is 11.6 Å². The van der Waals surface area contributed by atoms with Crippen LogP contribution in [0.5, 0.6) is 0 Å². The average Bonchev–Trinajstić information content (AvgIpc) is 2.91. The van der Waals surface area contributed by atoms with E-state index in [0.29, 0.717) is 17.7 Å². The Balaban J connectivity index is 2.28. The highest BCUT2D eigenvalue weighted by Crippen LogP contribution is 2.22. The Morgan fingerprint density at radius 3 is 2.86 bits per heavy atom. The average molecular weight is 321 g/mol. The second-order valence-corrected chi connectivity index (χ2v) is 6.08. The van der Waals surface area contributed by atoms with Gasteiger partial charge in [-0.05, 0) is 41.5 Å². The smallest absolute Gasteiger partial charge is 0.297 e. The van der Waals surface area contributed by atoms with Crippen LogP contribution in [0, 0.1) is 0 Å². The molecular formula is C15H13ClN2O2S. The van der Waals surface area contributed by atoms with Crippen LogP contribution in [0.15, 0.2) is 39.2 Å². The number of rotatable bonds is 3. The quantitative estimate of drug-likeness (QED) is 0.752. The number of hydrogen-bond donors (Lipinski definition) is 1. The molecule has 2 aromatic heterocycles. The maximum Gasteiger partial charge on any atom is 0.334 e. The Kier molecular flexibility index (Phi) is 3.69. The van der Waals surface area contributed by atoms with Crippen molar-refractivity contribution < 1.29 is 0 Å². The van der Waals surface area contributed by atoms with E-state index in [1.807, 2.05) is 30.5 Å². The molecule has 0 aliphatic heterocycles. The van der Waals surface area contributed by atoms with Crippen LogP contribution in [0.2, 0.25) is 5.15 Å². The normalized spacial score (nSPS) is 11.1. The number of hydrogen-bond acceptors (Lipinski definition) is 3. The lowest BCUT2D eigenvalue weighted by Crippen LogP contribution is -2.36. The summed E-state index contributed by atoms with van der Waals surface area (Å²) in [6.07, 6.45) is 1.32. The third-order valence-electron chi connectivity index (χ3n) is 3.34. The van der Waals surface area contributed by atoms with E-state index in [1.54, 1.807) is 17.4 Å². The van der Waals surface area contributed by atoms with Crippen LogP contribution in [-0.4, -0.2) is 9.55 Å². The number of benzene rings is 1. The van der Waals surface area contributed by atoms with Gasteiger partial charge in [-0.2, -0.15) is 0 Å². The number of halogens is 1. The molecule has 0 unspecified atom stereocenters. The maximum atomic E-state index is 12.5. The van der Waals surface area contributed by atoms with Gasteiger partial charge in [0, 0.05) is 4.70 Å². The first-order valence-electron chi connectivity index (χ1n) is 6.63. The van der Waals surface area contributed by atoms with Crippen LogP contribution in [0.3, 0.4) is 0 Å². The number of fused-ring (bicyclic) bond motifs is 1. The van der Waals surface area contributed by atoms with E-state index in [2.05, 4.69) is 4.98 Å². The highest BCUT2D eigenvalue weighted by atomic mass is 35.5. The monoisotopic (exact) mass is 320 g/mol. The highest BCUT2D eigenvalue weighted by molar-refractivity contribution is 7.17. The number of aromatic amines is 1. The van der Waals surface area contributed by atoms with Gasteiger partial charge >= 0.3 is 5.69 Å². The number of nitrogens with zero attached hydrogens (tertiary/aromatic N) is 1. The predicted octanol–water partition coefficient (Wildman–Crippen LogP) is 3.35. The second kappa shape index (κ2) is 5.50. The van der Waals surface area contributed by atoms with Crippen LogP contribution in [0.4, 0.5) is 0 Å². The van der Waals surface area contributed by atoms with Crippen molar-refractivity contribution in [3.8, 4) is 5.69 Å². The molecule has 1 N–H and O–H groups in total. The molecule has 0 fully saturated rings. The third kappa shape index (κ3) is 2.43. The van der Waals surface area contributed by atoms with Crippen molar-refractivity contribution in [3.63, 3.8) is 0 Å². The van der Waals surface area contributed by atoms with Gasteiger partial charge in [0.15, 0.2) is 0 Å². The fourth-order valence-corrected chi connectivity index (χ4v) is 3.37. The molecule has 21 heavy (non-hydrogen) atoms. The van der Waals surface area contributed by atoms with Gasteiger partial charge in [0.1, 0.15) is 5.15 Å². The lowest BCUT2D eigenvalue weighted by molar-refractivity contribution is 0.812. The molecule has 4 nitrogen and oxygen atoms in total. The zero-order chi connectivity index (χ0) is 15.0. The Morgan fingerprint density at radius 1 is 1.29 bits per heavy atom. The van der Waals surface area contributed by atoms with Crippen molar-refractivity contribution in [3.05, 3.63) is 61.2 Å². The molecule has 0 saturated carbocycles. The summed E-state index contributed by atoms with van der Waals surface area (Å²) in [5.74, 6) is 0. The SMILES string of the molecule is CCCc1c(Cl)[nH]c(=O)n(-c2ccc3sccc3c2)c1=O. The van der Waals surface area contributed by atoms with Crippen molar-refractivity contribution in [1.82, 2.24) is 9.55 Å². The molecule has 0 atom stereocenters. The summed E-state index contributed by atoms with van der Waals surface area (Å²) in [4.78, 5) is 27.2. The van der Waals surface area contributed by atoms with Crippen molar-refractivity contribution in [1.29, 1.82) is 0 Å². The molecular weight excluding hydrogens is 308 g/mol. The maximum absolute atomic E-state index is 12.5. The molecule has 1 aromatic carbocycles. The first kappa shape index (κ1) is 14.1. The first-order valence-corrected chi connectivity index (χ1v) is 7.89. The molecule has 108 valence electrons. The summed E-state index contributed by atoms with van der Waals surface area (Å²) in [6, 6.07) is 7.49. The fraction of sp³-hybridized carbons (Fsp3) is 0.200. The molecule has 3 rings (SSSR count). The molecule has 3 aromatic rings. The van der Waals surface area contributed by atoms with Crippen LogP contribution < -0.4 is 11.2 Å². The lowest BCUT2D eigenvalue weighted by Gasteiger charge is -2.08. The van der Waals surface area contributed by atoms with Crippen LogP contribution in [-0.2, 0) is 6.42 Å². The summed E-state index contributed by atoms with van der Waals surface area (Å²) in [5.41, 5.74) is 0.143. The number of thiophene rings is 1. The summed E-state index contributed by atoms with van der Waals surface area (Å²) >= 11 is 7.60. The lowest BCUT2D eigenvalue weighted by atomic mass is 10.2. The summed E-state index contributed by atoms with van der Waals surface area (Å²) in [5, 5.41) is 3.13. The largest absolute Gasteiger partial charge is 0.334 e. The Labute approximate surface area is 129 Å². The molecule has 0 saturated heterocycles. The van der Waals surface area contributed by atoms with Gasteiger partial charge in [0.05, 0.1) is 11.3 Å². The summed E-state index contributed by atoms with van der Waals surface area (Å²) in [6.45, 7) is 1.96. The van der Waals surface area contributed by atoms with E-state index in [-0.39, 0.29) is 10.7 Å². The number of nitrogens with one attached hydrogen (secondary N) is 1. The van der Waals surface area contributed by atoms with Crippen LogP contribution in [0.25, 0.3) is 15.8 Å². The number of aromatic nitrogens is 2. The molecule has 0 bridgehead atoms. The van der Waals surface area contributed by atoms with Gasteiger partial charge in [-0.1, -0.05) is 24.9 Å². The zero-order valence-electron chi connectivity index (χ0n) is 11.4. The third-order valence-corrected chi connectivity index (χ3v) is 4.56. The Hall–Kier alpha value is -1.85. The predicted molar refractivity (Wildman–Crippen MR) is 87.0 cm³/mol. The van der Waals surface area contributed by atoms with Gasteiger partial charge in [-0.25, -0.2) is 9.36 Å². The Bertz CT molecular complexity index is 923. The van der Waals surface area contributed by atoms with E-state index >= 15 is 0 Å². The van der Waals surface area contributed by atoms with E-state index < -0.39 is 5.69 Å². The molecule has 6 heteroatoms. The minimum Gasteiger partial charge on any atom is -0.297 e. The second-order valence-electron chi connectivity index (χ2n) is 4.76. The molecule has 0 radical (unpaired) electrons. The van der Waals surface area contributed by atoms with Crippen molar-refractivity contribution in [2.45, 2.75) is 19.8 Å². The standard InChI is InChI=1S/C15H13ClN2O2S/c1-2-3-11-13(16)17-15(20)18(14(11)19)10-4-5-12-9(8-10)6-7-21-12/h4-8H,2-3H2,1H3,(H,17,20). The molecule has 2 heterocycles. The Morgan fingerprint density at radius 2 is 2.10 bits per heavy atom.